The van der Waals surface area contributed by atoms with E-state index in [1.807, 2.05) is 6.07 Å². The highest BCUT2D eigenvalue weighted by atomic mass is 16.6. The Hall–Kier alpha value is -2.08. The molecule has 3 fully saturated rings. The van der Waals surface area contributed by atoms with Crippen molar-refractivity contribution in [3.05, 3.63) is 35.9 Å². The second-order valence-electron chi connectivity index (χ2n) is 8.61. The third-order valence-corrected chi connectivity index (χ3v) is 7.11. The Labute approximate surface area is 166 Å². The number of benzene rings is 1. The van der Waals surface area contributed by atoms with E-state index >= 15 is 0 Å². The van der Waals surface area contributed by atoms with E-state index in [0.717, 1.165) is 25.7 Å². The second kappa shape index (κ2) is 7.74. The zero-order valence-corrected chi connectivity index (χ0v) is 16.5. The van der Waals surface area contributed by atoms with Crippen LogP contribution in [0.4, 0.5) is 4.79 Å². The van der Waals surface area contributed by atoms with E-state index in [4.69, 9.17) is 4.74 Å². The number of likely N-dealkylation sites (tertiary alicyclic amines) is 1. The van der Waals surface area contributed by atoms with Crippen LogP contribution >= 0.6 is 0 Å². The van der Waals surface area contributed by atoms with Crippen LogP contribution in [0.1, 0.15) is 44.1 Å². The van der Waals surface area contributed by atoms with Crippen LogP contribution in [0.3, 0.4) is 0 Å². The maximum absolute atomic E-state index is 13.2. The first kappa shape index (κ1) is 19.2. The lowest BCUT2D eigenvalue weighted by molar-refractivity contribution is -0.146. The molecule has 0 aromatic heterocycles. The minimum Gasteiger partial charge on any atom is -0.442 e. The van der Waals surface area contributed by atoms with Gasteiger partial charge < -0.3 is 20.1 Å². The first-order valence-corrected chi connectivity index (χ1v) is 10.4. The molecule has 1 aromatic rings. The van der Waals surface area contributed by atoms with E-state index in [2.05, 4.69) is 29.6 Å². The molecule has 2 bridgehead atoms. The van der Waals surface area contributed by atoms with E-state index in [9.17, 15) is 14.7 Å². The Morgan fingerprint density at radius 1 is 1.18 bits per heavy atom. The van der Waals surface area contributed by atoms with Gasteiger partial charge in [0.05, 0.1) is 19.2 Å². The maximum atomic E-state index is 13.2. The molecular formula is C22H30N2O4. The summed E-state index contributed by atoms with van der Waals surface area (Å²) in [7, 11) is 1.53. The molecule has 3 unspecified atom stereocenters. The molecule has 1 aliphatic heterocycles. The van der Waals surface area contributed by atoms with E-state index in [-0.39, 0.29) is 23.5 Å². The number of carbonyl (C=O) groups is 2. The third kappa shape index (κ3) is 3.39. The third-order valence-electron chi connectivity index (χ3n) is 7.11. The van der Waals surface area contributed by atoms with Gasteiger partial charge in [-0.3, -0.25) is 4.79 Å². The van der Waals surface area contributed by atoms with Crippen molar-refractivity contribution in [3.63, 3.8) is 0 Å². The van der Waals surface area contributed by atoms with Crippen molar-refractivity contribution in [2.45, 2.75) is 56.1 Å². The summed E-state index contributed by atoms with van der Waals surface area (Å²) in [6.07, 6.45) is 4.43. The largest absolute Gasteiger partial charge is 0.442 e. The van der Waals surface area contributed by atoms with Crippen LogP contribution in [0.25, 0.3) is 0 Å². The summed E-state index contributed by atoms with van der Waals surface area (Å²) in [6, 6.07) is 10.4. The van der Waals surface area contributed by atoms with Crippen molar-refractivity contribution in [3.8, 4) is 0 Å². The zero-order chi connectivity index (χ0) is 19.7. The van der Waals surface area contributed by atoms with Gasteiger partial charge in [0.15, 0.2) is 0 Å². The number of rotatable bonds is 4. The first-order valence-electron chi connectivity index (χ1n) is 10.4. The fourth-order valence-electron chi connectivity index (χ4n) is 5.77. The fourth-order valence-corrected chi connectivity index (χ4v) is 5.77. The summed E-state index contributed by atoms with van der Waals surface area (Å²) >= 11 is 0. The molecule has 0 spiro atoms. The predicted molar refractivity (Wildman–Crippen MR) is 105 cm³/mol. The molecule has 2 saturated carbocycles. The molecule has 152 valence electrons. The van der Waals surface area contributed by atoms with Gasteiger partial charge in [0.1, 0.15) is 6.10 Å². The quantitative estimate of drug-likeness (QED) is 0.833. The number of hydrogen-bond donors (Lipinski definition) is 2. The van der Waals surface area contributed by atoms with Gasteiger partial charge in [0.25, 0.3) is 0 Å². The van der Waals surface area contributed by atoms with E-state index < -0.39 is 6.09 Å². The van der Waals surface area contributed by atoms with Crippen LogP contribution in [-0.2, 0) is 14.9 Å². The molecule has 1 heterocycles. The number of carbonyl (C=O) groups excluding carboxylic acids is 2. The molecule has 1 aromatic carbocycles. The van der Waals surface area contributed by atoms with Gasteiger partial charge in [-0.2, -0.15) is 0 Å². The number of alkyl carbamates (subject to hydrolysis) is 1. The van der Waals surface area contributed by atoms with Gasteiger partial charge in [0, 0.05) is 18.9 Å². The molecule has 0 radical (unpaired) electrons. The molecule has 2 aliphatic carbocycles. The number of aliphatic hydroxyl groups is 1. The molecule has 6 heteroatoms. The van der Waals surface area contributed by atoms with E-state index in [1.165, 1.54) is 19.0 Å². The molecule has 2 N–H and O–H groups in total. The summed E-state index contributed by atoms with van der Waals surface area (Å²) in [5.74, 6) is 0.801. The minimum absolute atomic E-state index is 0.133. The fraction of sp³-hybridized carbons (Fsp3) is 0.636. The Kier molecular flexibility index (Phi) is 5.32. The Morgan fingerprint density at radius 3 is 2.43 bits per heavy atom. The summed E-state index contributed by atoms with van der Waals surface area (Å²) in [4.78, 5) is 26.3. The second-order valence-corrected chi connectivity index (χ2v) is 8.61. The Bertz CT molecular complexity index is 703. The van der Waals surface area contributed by atoms with Crippen molar-refractivity contribution in [2.24, 2.45) is 11.8 Å². The number of fused-ring (bicyclic) bond motifs is 2. The van der Waals surface area contributed by atoms with Gasteiger partial charge in [0.2, 0.25) is 5.91 Å². The monoisotopic (exact) mass is 386 g/mol. The maximum Gasteiger partial charge on any atom is 0.407 e. The van der Waals surface area contributed by atoms with Crippen LogP contribution in [0, 0.1) is 11.8 Å². The Morgan fingerprint density at radius 2 is 1.82 bits per heavy atom. The minimum atomic E-state index is -0.450. The molecule has 4 atom stereocenters. The number of hydrogen-bond acceptors (Lipinski definition) is 4. The summed E-state index contributed by atoms with van der Waals surface area (Å²) in [6.45, 7) is 0.935. The topological polar surface area (TPSA) is 78.9 Å². The van der Waals surface area contributed by atoms with Gasteiger partial charge >= 0.3 is 6.09 Å². The highest BCUT2D eigenvalue weighted by Crippen LogP contribution is 2.56. The lowest BCUT2D eigenvalue weighted by atomic mass is 9.50. The van der Waals surface area contributed by atoms with Crippen LogP contribution in [-0.4, -0.2) is 54.4 Å². The lowest BCUT2D eigenvalue weighted by Crippen LogP contribution is -2.59. The van der Waals surface area contributed by atoms with Crippen molar-refractivity contribution >= 4 is 12.0 Å². The smallest absolute Gasteiger partial charge is 0.407 e. The van der Waals surface area contributed by atoms with Crippen LogP contribution in [0.15, 0.2) is 30.3 Å². The van der Waals surface area contributed by atoms with Gasteiger partial charge in [-0.05, 0) is 43.1 Å². The van der Waals surface area contributed by atoms with E-state index in [0.29, 0.717) is 31.3 Å². The number of amides is 2. The number of nitrogens with zero attached hydrogens (tertiary/aromatic N) is 1. The zero-order valence-electron chi connectivity index (χ0n) is 16.5. The van der Waals surface area contributed by atoms with Crippen LogP contribution in [0.5, 0.6) is 0 Å². The predicted octanol–water partition coefficient (Wildman–Crippen LogP) is 2.45. The van der Waals surface area contributed by atoms with Gasteiger partial charge in [-0.25, -0.2) is 4.79 Å². The van der Waals surface area contributed by atoms with Gasteiger partial charge in [-0.1, -0.05) is 36.8 Å². The molecule has 4 rings (SSSR count). The number of ether oxygens (including phenoxy) is 1. The van der Waals surface area contributed by atoms with Crippen LogP contribution < -0.4 is 5.32 Å². The average molecular weight is 386 g/mol. The molecule has 3 aliphatic rings. The molecular weight excluding hydrogens is 356 g/mol. The number of aliphatic hydroxyl groups excluding tert-OH is 1. The highest BCUT2D eigenvalue weighted by molar-refractivity contribution is 5.79. The van der Waals surface area contributed by atoms with Crippen LogP contribution in [0.2, 0.25) is 0 Å². The molecule has 1 saturated heterocycles. The highest BCUT2D eigenvalue weighted by Gasteiger charge is 2.54. The van der Waals surface area contributed by atoms with Crippen molar-refractivity contribution in [2.75, 3.05) is 20.1 Å². The van der Waals surface area contributed by atoms with Crippen molar-refractivity contribution in [1.29, 1.82) is 0 Å². The number of nitrogens with one attached hydrogen (secondary N) is 1. The normalized spacial score (nSPS) is 32.4. The molecule has 6 nitrogen and oxygen atoms in total. The summed E-state index contributed by atoms with van der Waals surface area (Å²) in [5, 5.41) is 12.8. The van der Waals surface area contributed by atoms with Crippen molar-refractivity contribution in [1.82, 2.24) is 10.2 Å². The SMILES string of the molecule is CNC(=O)OC1CN(C(=O)CC2(c3ccccc3)C3CCC[C@@H]2CC(O)C3)C1. The van der Waals surface area contributed by atoms with E-state index in [1.54, 1.807) is 4.90 Å². The average Bonchev–Trinajstić information content (AvgIpc) is 2.65. The Balaban J connectivity index is 1.53. The van der Waals surface area contributed by atoms with Gasteiger partial charge in [-0.15, -0.1) is 0 Å². The first-order chi connectivity index (χ1) is 13.5. The van der Waals surface area contributed by atoms with Crippen molar-refractivity contribution < 1.29 is 19.4 Å². The molecule has 28 heavy (non-hydrogen) atoms. The summed E-state index contributed by atoms with van der Waals surface area (Å²) in [5.41, 5.74) is 1.05. The molecule has 2 amide bonds. The standard InChI is InChI=1S/C22H30N2O4/c1-23-21(27)28-19-13-24(14-19)20(26)12-22(15-6-3-2-4-7-15)16-8-5-9-17(22)11-18(25)10-16/h2-4,6-7,16-19,25H,5,8-14H2,1H3,(H,23,27)/t16-,17?,18?,22?/m1/s1. The summed E-state index contributed by atoms with van der Waals surface area (Å²) < 4.78 is 5.23. The lowest BCUT2D eigenvalue weighted by Gasteiger charge is -2.55.